The molecule has 9 nitrogen and oxygen atoms in total. The number of hydrogen-bond donors (Lipinski definition) is 2. The van der Waals surface area contributed by atoms with Crippen LogP contribution in [0, 0.1) is 0 Å². The van der Waals surface area contributed by atoms with Crippen molar-refractivity contribution in [2.24, 2.45) is 0 Å². The van der Waals surface area contributed by atoms with Gasteiger partial charge in [0.05, 0.1) is 50.9 Å². The molecule has 0 saturated carbocycles. The first-order chi connectivity index (χ1) is 19.1. The van der Waals surface area contributed by atoms with Crippen molar-refractivity contribution in [3.05, 3.63) is 59.2 Å². The van der Waals surface area contributed by atoms with Gasteiger partial charge in [-0.1, -0.05) is 30.3 Å². The van der Waals surface area contributed by atoms with E-state index >= 15 is 0 Å². The number of rotatable bonds is 15. The minimum Gasteiger partial charge on any atom is -0.490 e. The third kappa shape index (κ3) is 8.38. The number of ether oxygens (including phenoxy) is 6. The van der Waals surface area contributed by atoms with Crippen LogP contribution in [0.5, 0.6) is 5.75 Å². The number of anilines is 1. The predicted molar refractivity (Wildman–Crippen MR) is 150 cm³/mol. The fourth-order valence-corrected chi connectivity index (χ4v) is 5.34. The summed E-state index contributed by atoms with van der Waals surface area (Å²) in [5, 5.41) is 13.7. The van der Waals surface area contributed by atoms with Gasteiger partial charge in [0.25, 0.3) is 0 Å². The third-order valence-corrected chi connectivity index (χ3v) is 7.25. The highest BCUT2D eigenvalue weighted by molar-refractivity contribution is 5.61. The molecule has 2 N–H and O–H groups in total. The molecule has 1 unspecified atom stereocenters. The summed E-state index contributed by atoms with van der Waals surface area (Å²) < 4.78 is 34.3. The maximum absolute atomic E-state index is 10.2. The van der Waals surface area contributed by atoms with Crippen LogP contribution in [0.3, 0.4) is 0 Å². The summed E-state index contributed by atoms with van der Waals surface area (Å²) >= 11 is 0. The average Bonchev–Trinajstić information content (AvgIpc) is 2.96. The molecule has 9 heteroatoms. The maximum Gasteiger partial charge on any atom is 0.142 e. The molecular formula is C30H44N2O7. The number of fused-ring (bicyclic) bond motifs is 1. The van der Waals surface area contributed by atoms with E-state index in [9.17, 15) is 5.11 Å². The molecule has 0 bridgehead atoms. The summed E-state index contributed by atoms with van der Waals surface area (Å²) in [6, 6.07) is 14.8. The number of aliphatic hydroxyl groups is 1. The summed E-state index contributed by atoms with van der Waals surface area (Å²) in [4.78, 5) is 2.36. The summed E-state index contributed by atoms with van der Waals surface area (Å²) in [7, 11) is 5.01. The average molecular weight is 545 g/mol. The van der Waals surface area contributed by atoms with Crippen LogP contribution in [0.2, 0.25) is 0 Å². The van der Waals surface area contributed by atoms with Gasteiger partial charge in [-0.15, -0.1) is 0 Å². The first kappa shape index (κ1) is 29.7. The van der Waals surface area contributed by atoms with E-state index in [-0.39, 0.29) is 31.3 Å². The molecule has 2 heterocycles. The Hall–Kier alpha value is -2.24. The molecule has 2 aliphatic rings. The Morgan fingerprint density at radius 3 is 2.44 bits per heavy atom. The van der Waals surface area contributed by atoms with E-state index < -0.39 is 6.10 Å². The lowest BCUT2D eigenvalue weighted by molar-refractivity contribution is -0.0856. The molecule has 0 aliphatic carbocycles. The molecule has 0 amide bonds. The quantitative estimate of drug-likeness (QED) is 0.329. The van der Waals surface area contributed by atoms with Gasteiger partial charge in [-0.05, 0) is 35.2 Å². The monoisotopic (exact) mass is 544 g/mol. The summed E-state index contributed by atoms with van der Waals surface area (Å²) in [5.41, 5.74) is 4.48. The van der Waals surface area contributed by atoms with Gasteiger partial charge in [0, 0.05) is 53.5 Å². The molecular weight excluding hydrogens is 500 g/mol. The number of nitrogens with zero attached hydrogens (tertiary/aromatic N) is 1. The zero-order valence-corrected chi connectivity index (χ0v) is 23.5. The zero-order chi connectivity index (χ0) is 27.5. The fourth-order valence-electron chi connectivity index (χ4n) is 5.34. The van der Waals surface area contributed by atoms with Gasteiger partial charge in [-0.2, -0.15) is 0 Å². The van der Waals surface area contributed by atoms with Crippen molar-refractivity contribution in [1.29, 1.82) is 0 Å². The Bertz CT molecular complexity index is 990. The van der Waals surface area contributed by atoms with Crippen LogP contribution in [-0.2, 0) is 36.9 Å². The first-order valence-electron chi connectivity index (χ1n) is 13.8. The van der Waals surface area contributed by atoms with Gasteiger partial charge in [0.1, 0.15) is 18.5 Å². The standard InChI is InChI=1S/C30H44N2O7/c1-34-13-4-11-32-12-14-37-27-10-7-23(15-26(27)32)19-38-28-16-31-17-29(39-21-25(33)20-36-3)30(28)24-8-5-22(6-9-24)18-35-2/h5-10,15,25,28-31,33H,4,11-14,16-21H2,1-3H3/t25-,28+,29-,30?/m1/s1. The van der Waals surface area contributed by atoms with E-state index in [1.807, 2.05) is 6.07 Å². The molecule has 4 atom stereocenters. The molecule has 4 rings (SSSR count). The van der Waals surface area contributed by atoms with Gasteiger partial charge in [0.2, 0.25) is 0 Å². The number of aliphatic hydroxyl groups excluding tert-OH is 1. The Kier molecular flexibility index (Phi) is 11.8. The number of hydrogen-bond acceptors (Lipinski definition) is 9. The Labute approximate surface area is 232 Å². The Morgan fingerprint density at radius 2 is 1.69 bits per heavy atom. The van der Waals surface area contributed by atoms with Crippen molar-refractivity contribution in [3.8, 4) is 5.75 Å². The lowest BCUT2D eigenvalue weighted by Gasteiger charge is -2.39. The molecule has 2 aromatic rings. The maximum atomic E-state index is 10.2. The first-order valence-corrected chi connectivity index (χ1v) is 13.8. The van der Waals surface area contributed by atoms with Crippen LogP contribution >= 0.6 is 0 Å². The van der Waals surface area contributed by atoms with Gasteiger partial charge in [0.15, 0.2) is 0 Å². The Morgan fingerprint density at radius 1 is 0.923 bits per heavy atom. The molecule has 0 aromatic heterocycles. The highest BCUT2D eigenvalue weighted by Gasteiger charge is 2.36. The molecule has 0 spiro atoms. The normalized spacial score (nSPS) is 21.8. The van der Waals surface area contributed by atoms with Crippen molar-refractivity contribution in [3.63, 3.8) is 0 Å². The van der Waals surface area contributed by atoms with Crippen molar-refractivity contribution < 1.29 is 33.5 Å². The van der Waals surface area contributed by atoms with E-state index in [0.29, 0.717) is 32.9 Å². The molecule has 1 saturated heterocycles. The van der Waals surface area contributed by atoms with Crippen LogP contribution in [0.1, 0.15) is 29.0 Å². The highest BCUT2D eigenvalue weighted by atomic mass is 16.5. The predicted octanol–water partition coefficient (Wildman–Crippen LogP) is 2.73. The number of nitrogens with one attached hydrogen (secondary N) is 1. The van der Waals surface area contributed by atoms with E-state index in [2.05, 4.69) is 46.6 Å². The number of benzene rings is 2. The highest BCUT2D eigenvalue weighted by Crippen LogP contribution is 2.34. The smallest absolute Gasteiger partial charge is 0.142 e. The van der Waals surface area contributed by atoms with Gasteiger partial charge >= 0.3 is 0 Å². The second-order valence-electron chi connectivity index (χ2n) is 10.2. The largest absolute Gasteiger partial charge is 0.490 e. The molecule has 2 aromatic carbocycles. The second kappa shape index (κ2) is 15.5. The number of methoxy groups -OCH3 is 3. The van der Waals surface area contributed by atoms with E-state index in [4.69, 9.17) is 28.4 Å². The van der Waals surface area contributed by atoms with Gasteiger partial charge in [-0.3, -0.25) is 0 Å². The van der Waals surface area contributed by atoms with Crippen LogP contribution in [0.25, 0.3) is 0 Å². The third-order valence-electron chi connectivity index (χ3n) is 7.25. The fraction of sp³-hybridized carbons (Fsp3) is 0.600. The minimum atomic E-state index is -0.675. The lowest BCUT2D eigenvalue weighted by atomic mass is 9.85. The van der Waals surface area contributed by atoms with E-state index in [0.717, 1.165) is 54.2 Å². The van der Waals surface area contributed by atoms with Crippen LogP contribution in [0.15, 0.2) is 42.5 Å². The summed E-state index contributed by atoms with van der Waals surface area (Å²) in [5.74, 6) is 0.919. The molecule has 216 valence electrons. The SMILES string of the molecule is COCCCN1CCOc2ccc(CO[C@H]3CNC[C@@H](OC[C@H](O)COC)C3c3ccc(COC)cc3)cc21. The molecule has 39 heavy (non-hydrogen) atoms. The van der Waals surface area contributed by atoms with Crippen molar-refractivity contribution in [1.82, 2.24) is 5.32 Å². The van der Waals surface area contributed by atoms with Crippen molar-refractivity contribution in [2.45, 2.75) is 43.9 Å². The Balaban J connectivity index is 1.48. The molecule has 1 fully saturated rings. The summed E-state index contributed by atoms with van der Waals surface area (Å²) in [6.45, 7) is 6.09. The van der Waals surface area contributed by atoms with Gasteiger partial charge < -0.3 is 43.7 Å². The molecule has 0 radical (unpaired) electrons. The minimum absolute atomic E-state index is 0.00379. The zero-order valence-electron chi connectivity index (χ0n) is 23.5. The molecule has 2 aliphatic heterocycles. The van der Waals surface area contributed by atoms with Crippen LogP contribution in [0.4, 0.5) is 5.69 Å². The van der Waals surface area contributed by atoms with Crippen molar-refractivity contribution >= 4 is 5.69 Å². The van der Waals surface area contributed by atoms with E-state index in [1.165, 1.54) is 0 Å². The lowest BCUT2D eigenvalue weighted by Crippen LogP contribution is -2.51. The van der Waals surface area contributed by atoms with Gasteiger partial charge in [-0.25, -0.2) is 0 Å². The van der Waals surface area contributed by atoms with Crippen LogP contribution in [-0.4, -0.2) is 97.4 Å². The topological polar surface area (TPSA) is 90.9 Å². The van der Waals surface area contributed by atoms with Crippen molar-refractivity contribution in [2.75, 3.05) is 78.8 Å². The number of piperidine rings is 1. The second-order valence-corrected chi connectivity index (χ2v) is 10.2. The summed E-state index contributed by atoms with van der Waals surface area (Å²) in [6.07, 6.45) is 0.0272. The van der Waals surface area contributed by atoms with Crippen LogP contribution < -0.4 is 15.0 Å². The van der Waals surface area contributed by atoms with E-state index in [1.54, 1.807) is 21.3 Å².